The number of alkyl halides is 3. The van der Waals surface area contributed by atoms with Gasteiger partial charge in [0, 0.05) is 38.4 Å². The summed E-state index contributed by atoms with van der Waals surface area (Å²) < 4.78 is 64.7. The molecule has 0 saturated carbocycles. The van der Waals surface area contributed by atoms with E-state index in [4.69, 9.17) is 14.6 Å². The molecule has 13 heteroatoms. The van der Waals surface area contributed by atoms with Gasteiger partial charge in [-0.15, -0.1) is 0 Å². The van der Waals surface area contributed by atoms with Crippen LogP contribution in [0.3, 0.4) is 0 Å². The Hall–Kier alpha value is -1.70. The van der Waals surface area contributed by atoms with Crippen LogP contribution in [0.15, 0.2) is 12.4 Å². The summed E-state index contributed by atoms with van der Waals surface area (Å²) in [5.41, 5.74) is 0. The van der Waals surface area contributed by atoms with Crippen molar-refractivity contribution in [2.45, 2.75) is 25.2 Å². The molecular weight excluding hydrogens is 417 g/mol. The lowest BCUT2D eigenvalue weighted by Gasteiger charge is -2.35. The molecule has 2 saturated heterocycles. The Kier molecular flexibility index (Phi) is 7.65. The van der Waals surface area contributed by atoms with Gasteiger partial charge in [0.15, 0.2) is 0 Å². The van der Waals surface area contributed by atoms with Gasteiger partial charge < -0.3 is 14.4 Å². The number of hydrogen-bond acceptors (Lipinski definition) is 6. The number of nitrogens with one attached hydrogen (secondary N) is 1. The highest BCUT2D eigenvalue weighted by Crippen LogP contribution is 2.34. The summed E-state index contributed by atoms with van der Waals surface area (Å²) in [7, 11) is -1.16. The largest absolute Gasteiger partial charge is 0.490 e. The number of likely N-dealkylation sites (tertiary alicyclic amines) is 1. The molecule has 2 N–H and O–H groups in total. The average molecular weight is 442 g/mol. The highest BCUT2D eigenvalue weighted by atomic mass is 32.2. The van der Waals surface area contributed by atoms with Crippen LogP contribution in [0.1, 0.15) is 12.2 Å². The van der Waals surface area contributed by atoms with Crippen LogP contribution in [-0.2, 0) is 33.1 Å². The SMILES string of the molecule is Cn1ccnc1CN1CC[C@H]2CO[C@H](CNS(C)(=O)=O)[C@H]2C1.O=C(O)C(F)(F)F. The van der Waals surface area contributed by atoms with E-state index in [-0.39, 0.29) is 6.10 Å². The van der Waals surface area contributed by atoms with Crippen LogP contribution in [0.5, 0.6) is 0 Å². The van der Waals surface area contributed by atoms with Crippen LogP contribution in [-0.4, -0.2) is 78.7 Å². The fourth-order valence-electron chi connectivity index (χ4n) is 3.44. The van der Waals surface area contributed by atoms with Crippen LogP contribution >= 0.6 is 0 Å². The maximum absolute atomic E-state index is 11.3. The Morgan fingerprint density at radius 2 is 2.10 bits per heavy atom. The smallest absolute Gasteiger partial charge is 0.475 e. The molecule has 0 radical (unpaired) electrons. The number of ether oxygens (including phenoxy) is 1. The number of aromatic nitrogens is 2. The fraction of sp³-hybridized carbons (Fsp3) is 0.750. The lowest BCUT2D eigenvalue weighted by atomic mass is 9.84. The van der Waals surface area contributed by atoms with E-state index in [1.165, 1.54) is 6.26 Å². The average Bonchev–Trinajstić information content (AvgIpc) is 3.18. The maximum Gasteiger partial charge on any atom is 0.490 e. The fourth-order valence-corrected chi connectivity index (χ4v) is 3.90. The molecule has 2 fully saturated rings. The van der Waals surface area contributed by atoms with E-state index in [2.05, 4.69) is 14.6 Å². The second-order valence-electron chi connectivity index (χ2n) is 7.20. The summed E-state index contributed by atoms with van der Waals surface area (Å²) in [5, 5.41) is 7.12. The van der Waals surface area contributed by atoms with Crippen LogP contribution in [0.4, 0.5) is 13.2 Å². The molecule has 0 aromatic carbocycles. The number of nitrogens with zero attached hydrogens (tertiary/aromatic N) is 3. The number of hydrogen-bond donors (Lipinski definition) is 2. The molecule has 2 aliphatic heterocycles. The molecule has 3 rings (SSSR count). The Balaban J connectivity index is 0.000000370. The molecule has 2 aliphatic rings. The molecule has 0 spiro atoms. The summed E-state index contributed by atoms with van der Waals surface area (Å²) in [6.07, 6.45) is 0.959. The summed E-state index contributed by atoms with van der Waals surface area (Å²) in [6.45, 7) is 3.93. The molecule has 29 heavy (non-hydrogen) atoms. The number of carbonyl (C=O) groups is 1. The van der Waals surface area contributed by atoms with Gasteiger partial charge in [0.2, 0.25) is 10.0 Å². The quantitative estimate of drug-likeness (QED) is 0.680. The van der Waals surface area contributed by atoms with Crippen molar-refractivity contribution in [2.24, 2.45) is 18.9 Å². The van der Waals surface area contributed by atoms with Gasteiger partial charge in [-0.1, -0.05) is 0 Å². The first-order valence-corrected chi connectivity index (χ1v) is 10.8. The van der Waals surface area contributed by atoms with Crippen molar-refractivity contribution < 1.29 is 36.2 Å². The first-order valence-electron chi connectivity index (χ1n) is 8.91. The van der Waals surface area contributed by atoms with E-state index in [1.807, 2.05) is 24.0 Å². The molecule has 0 aliphatic carbocycles. The van der Waals surface area contributed by atoms with Crippen LogP contribution in [0.25, 0.3) is 0 Å². The summed E-state index contributed by atoms with van der Waals surface area (Å²) >= 11 is 0. The number of sulfonamides is 1. The molecule has 1 aromatic rings. The standard InChI is InChI=1S/C14H24N4O3S.C2HF3O2/c1-17-6-4-15-14(17)9-18-5-3-11-10-21-13(12(11)8-18)7-16-22(2,19)20;3-2(4,5)1(6)7/h4,6,11-13,16H,3,5,7-10H2,1-2H3;(H,6,7)/t11-,12-,13+;/m0./s1. The third-order valence-electron chi connectivity index (χ3n) is 4.97. The molecule has 3 atom stereocenters. The zero-order valence-electron chi connectivity index (χ0n) is 16.1. The van der Waals surface area contributed by atoms with Gasteiger partial charge >= 0.3 is 12.1 Å². The highest BCUT2D eigenvalue weighted by molar-refractivity contribution is 7.88. The normalized spacial score (nSPS) is 25.2. The van der Waals surface area contributed by atoms with E-state index < -0.39 is 22.2 Å². The third-order valence-corrected chi connectivity index (χ3v) is 5.66. The van der Waals surface area contributed by atoms with Crippen molar-refractivity contribution in [1.82, 2.24) is 19.2 Å². The zero-order valence-corrected chi connectivity index (χ0v) is 16.9. The number of aliphatic carboxylic acids is 1. The number of fused-ring (bicyclic) bond motifs is 1. The topological polar surface area (TPSA) is 114 Å². The van der Waals surface area contributed by atoms with Crippen molar-refractivity contribution in [3.8, 4) is 0 Å². The van der Waals surface area contributed by atoms with Gasteiger partial charge in [0.05, 0.1) is 25.5 Å². The van der Waals surface area contributed by atoms with E-state index in [1.54, 1.807) is 0 Å². The van der Waals surface area contributed by atoms with Gasteiger partial charge in [-0.05, 0) is 18.9 Å². The van der Waals surface area contributed by atoms with E-state index in [9.17, 15) is 21.6 Å². The van der Waals surface area contributed by atoms with Crippen molar-refractivity contribution in [3.05, 3.63) is 18.2 Å². The minimum Gasteiger partial charge on any atom is -0.475 e. The van der Waals surface area contributed by atoms with Crippen LogP contribution in [0.2, 0.25) is 0 Å². The second kappa shape index (κ2) is 9.41. The Bertz CT molecular complexity index is 799. The van der Waals surface area contributed by atoms with Crippen molar-refractivity contribution in [1.29, 1.82) is 0 Å². The van der Waals surface area contributed by atoms with Gasteiger partial charge in [0.1, 0.15) is 5.82 Å². The highest BCUT2D eigenvalue weighted by Gasteiger charge is 2.41. The van der Waals surface area contributed by atoms with Crippen molar-refractivity contribution in [3.63, 3.8) is 0 Å². The lowest BCUT2D eigenvalue weighted by Crippen LogP contribution is -2.45. The summed E-state index contributed by atoms with van der Waals surface area (Å²) in [5.74, 6) is -0.761. The molecule has 0 bridgehead atoms. The number of rotatable bonds is 5. The minimum atomic E-state index is -5.08. The number of aryl methyl sites for hydroxylation is 1. The van der Waals surface area contributed by atoms with Gasteiger partial charge in [-0.25, -0.2) is 22.9 Å². The zero-order chi connectivity index (χ0) is 21.8. The minimum absolute atomic E-state index is 0.0242. The number of piperidine rings is 1. The molecule has 9 nitrogen and oxygen atoms in total. The third kappa shape index (κ3) is 7.24. The molecule has 166 valence electrons. The first-order chi connectivity index (χ1) is 13.4. The van der Waals surface area contributed by atoms with Gasteiger partial charge in [-0.2, -0.15) is 13.2 Å². The predicted octanol–water partition coefficient (Wildman–Crippen LogP) is 0.440. The van der Waals surface area contributed by atoms with Crippen LogP contribution < -0.4 is 4.72 Å². The summed E-state index contributed by atoms with van der Waals surface area (Å²) in [4.78, 5) is 15.7. The van der Waals surface area contributed by atoms with E-state index >= 15 is 0 Å². The molecular formula is C16H25F3N4O5S. The molecule has 0 unspecified atom stereocenters. The predicted molar refractivity (Wildman–Crippen MR) is 96.4 cm³/mol. The summed E-state index contributed by atoms with van der Waals surface area (Å²) in [6, 6.07) is 0. The lowest BCUT2D eigenvalue weighted by molar-refractivity contribution is -0.192. The number of carboxylic acids is 1. The molecule has 1 aromatic heterocycles. The van der Waals surface area contributed by atoms with E-state index in [0.29, 0.717) is 18.4 Å². The molecule has 3 heterocycles. The van der Waals surface area contributed by atoms with Crippen molar-refractivity contribution >= 4 is 16.0 Å². The number of halogens is 3. The number of imidazole rings is 1. The Morgan fingerprint density at radius 1 is 1.45 bits per heavy atom. The van der Waals surface area contributed by atoms with Crippen molar-refractivity contribution in [2.75, 3.05) is 32.5 Å². The van der Waals surface area contributed by atoms with Gasteiger partial charge in [0.25, 0.3) is 0 Å². The van der Waals surface area contributed by atoms with Crippen LogP contribution in [0, 0.1) is 11.8 Å². The Labute approximate surface area is 166 Å². The maximum atomic E-state index is 11.3. The number of carboxylic acid groups (broad SMARTS) is 1. The van der Waals surface area contributed by atoms with Gasteiger partial charge in [-0.3, -0.25) is 4.90 Å². The monoisotopic (exact) mass is 442 g/mol. The first kappa shape index (κ1) is 23.6. The second-order valence-corrected chi connectivity index (χ2v) is 9.03. The van der Waals surface area contributed by atoms with E-state index in [0.717, 1.165) is 38.5 Å². The molecule has 0 amide bonds. The Morgan fingerprint density at radius 3 is 2.62 bits per heavy atom.